The van der Waals surface area contributed by atoms with Crippen molar-refractivity contribution in [3.63, 3.8) is 0 Å². The number of aromatic hydroxyl groups is 1. The van der Waals surface area contributed by atoms with Crippen LogP contribution in [0.5, 0.6) is 5.75 Å². The molecule has 0 aliphatic rings. The van der Waals surface area contributed by atoms with Crippen LogP contribution in [0.15, 0.2) is 18.2 Å². The molecule has 1 aromatic carbocycles. The average Bonchev–Trinajstić information content (AvgIpc) is 2.17. The van der Waals surface area contributed by atoms with Crippen LogP contribution in [0.1, 0.15) is 23.7 Å². The first-order chi connectivity index (χ1) is 7.54. The number of nitrogens with one attached hydrogen (secondary N) is 1. The van der Waals surface area contributed by atoms with E-state index in [0.717, 1.165) is 6.07 Å². The molecular weight excluding hydrogens is 213 g/mol. The number of hydrogen-bond acceptors (Lipinski definition) is 3. The minimum absolute atomic E-state index is 0.0422. The van der Waals surface area contributed by atoms with Gasteiger partial charge in [-0.3, -0.25) is 4.79 Å². The summed E-state index contributed by atoms with van der Waals surface area (Å²) in [6.07, 6.45) is 0.408. The van der Waals surface area contributed by atoms with E-state index in [1.807, 2.05) is 0 Å². The molecule has 4 nitrogen and oxygen atoms in total. The Kier molecular flexibility index (Phi) is 4.25. The molecule has 1 rings (SSSR count). The minimum Gasteiger partial charge on any atom is -0.508 e. The molecule has 0 heterocycles. The summed E-state index contributed by atoms with van der Waals surface area (Å²) in [4.78, 5) is 11.5. The average molecular weight is 227 g/mol. The van der Waals surface area contributed by atoms with Gasteiger partial charge < -0.3 is 15.5 Å². The second-order valence-electron chi connectivity index (χ2n) is 3.55. The van der Waals surface area contributed by atoms with Crippen molar-refractivity contribution in [1.29, 1.82) is 0 Å². The van der Waals surface area contributed by atoms with Gasteiger partial charge in [-0.1, -0.05) is 0 Å². The summed E-state index contributed by atoms with van der Waals surface area (Å²) in [7, 11) is 0. The van der Waals surface area contributed by atoms with Gasteiger partial charge in [0.1, 0.15) is 11.6 Å². The van der Waals surface area contributed by atoms with Gasteiger partial charge in [-0.25, -0.2) is 4.39 Å². The van der Waals surface area contributed by atoms with Crippen LogP contribution < -0.4 is 5.32 Å². The predicted octanol–water partition coefficient (Wildman–Crippen LogP) is 1.03. The third-order valence-electron chi connectivity index (χ3n) is 2.14. The van der Waals surface area contributed by atoms with Crippen LogP contribution >= 0.6 is 0 Å². The van der Waals surface area contributed by atoms with E-state index in [0.29, 0.717) is 6.42 Å². The zero-order chi connectivity index (χ0) is 12.1. The quantitative estimate of drug-likeness (QED) is 0.719. The molecule has 0 spiro atoms. The van der Waals surface area contributed by atoms with Crippen molar-refractivity contribution in [2.24, 2.45) is 0 Å². The number of rotatable bonds is 4. The van der Waals surface area contributed by atoms with E-state index >= 15 is 0 Å². The number of carbonyl (C=O) groups excluding carboxylic acids is 1. The molecular formula is C11H14FNO3. The van der Waals surface area contributed by atoms with Crippen molar-refractivity contribution in [3.8, 4) is 5.75 Å². The summed E-state index contributed by atoms with van der Waals surface area (Å²) >= 11 is 0. The molecule has 3 N–H and O–H groups in total. The SMILES string of the molecule is CC(CCO)NC(=O)c1ccc(O)cc1F. The number of amides is 1. The van der Waals surface area contributed by atoms with Crippen LogP contribution in [-0.2, 0) is 0 Å². The molecule has 1 atom stereocenters. The maximum Gasteiger partial charge on any atom is 0.254 e. The Labute approximate surface area is 92.7 Å². The van der Waals surface area contributed by atoms with E-state index in [4.69, 9.17) is 10.2 Å². The smallest absolute Gasteiger partial charge is 0.254 e. The maximum atomic E-state index is 13.3. The molecule has 16 heavy (non-hydrogen) atoms. The summed E-state index contributed by atoms with van der Waals surface area (Å²) in [6.45, 7) is 1.67. The number of hydrogen-bond donors (Lipinski definition) is 3. The molecule has 1 unspecified atom stereocenters. The van der Waals surface area contributed by atoms with E-state index in [1.54, 1.807) is 6.92 Å². The van der Waals surface area contributed by atoms with Crippen LogP contribution in [0.25, 0.3) is 0 Å². The molecule has 0 saturated carbocycles. The minimum atomic E-state index is -0.770. The molecule has 0 saturated heterocycles. The fourth-order valence-corrected chi connectivity index (χ4v) is 1.26. The first kappa shape index (κ1) is 12.4. The molecule has 0 aliphatic carbocycles. The topological polar surface area (TPSA) is 69.6 Å². The van der Waals surface area contributed by atoms with E-state index < -0.39 is 11.7 Å². The number of phenolic OH excluding ortho intramolecular Hbond substituents is 1. The Morgan fingerprint density at radius 1 is 1.56 bits per heavy atom. The van der Waals surface area contributed by atoms with Crippen LogP contribution in [0, 0.1) is 5.82 Å². The fourth-order valence-electron chi connectivity index (χ4n) is 1.26. The largest absolute Gasteiger partial charge is 0.508 e. The first-order valence-corrected chi connectivity index (χ1v) is 4.95. The van der Waals surface area contributed by atoms with Gasteiger partial charge in [0.15, 0.2) is 0 Å². The van der Waals surface area contributed by atoms with Crippen LogP contribution in [0.4, 0.5) is 4.39 Å². The zero-order valence-corrected chi connectivity index (χ0v) is 8.90. The molecule has 1 aromatic rings. The Hall–Kier alpha value is -1.62. The van der Waals surface area contributed by atoms with E-state index in [1.165, 1.54) is 12.1 Å². The highest BCUT2D eigenvalue weighted by atomic mass is 19.1. The molecule has 0 fully saturated rings. The molecule has 88 valence electrons. The summed E-state index contributed by atoms with van der Waals surface area (Å²) < 4.78 is 13.3. The molecule has 0 radical (unpaired) electrons. The molecule has 0 bridgehead atoms. The second kappa shape index (κ2) is 5.46. The van der Waals surface area contributed by atoms with Crippen LogP contribution in [-0.4, -0.2) is 28.8 Å². The Morgan fingerprint density at radius 2 is 2.25 bits per heavy atom. The van der Waals surface area contributed by atoms with E-state index in [2.05, 4.69) is 5.32 Å². The second-order valence-corrected chi connectivity index (χ2v) is 3.55. The van der Waals surface area contributed by atoms with Crippen LogP contribution in [0.3, 0.4) is 0 Å². The standard InChI is InChI=1S/C11H14FNO3/c1-7(4-5-14)13-11(16)9-3-2-8(15)6-10(9)12/h2-3,6-7,14-15H,4-5H2,1H3,(H,13,16). The highest BCUT2D eigenvalue weighted by molar-refractivity contribution is 5.94. The van der Waals surface area contributed by atoms with Crippen molar-refractivity contribution in [3.05, 3.63) is 29.6 Å². The highest BCUT2D eigenvalue weighted by Crippen LogP contribution is 2.15. The summed E-state index contributed by atoms with van der Waals surface area (Å²) in [5.41, 5.74) is -0.123. The number of halogens is 1. The fraction of sp³-hybridized carbons (Fsp3) is 0.364. The Bertz CT molecular complexity index is 381. The molecule has 0 aromatic heterocycles. The van der Waals surface area contributed by atoms with Crippen molar-refractivity contribution in [2.75, 3.05) is 6.61 Å². The van der Waals surface area contributed by atoms with Gasteiger partial charge in [-0.05, 0) is 25.5 Å². The summed E-state index contributed by atoms with van der Waals surface area (Å²) in [6, 6.07) is 3.11. The van der Waals surface area contributed by atoms with Gasteiger partial charge in [-0.15, -0.1) is 0 Å². The van der Waals surface area contributed by atoms with Gasteiger partial charge in [0.05, 0.1) is 5.56 Å². The Morgan fingerprint density at radius 3 is 2.81 bits per heavy atom. The van der Waals surface area contributed by atoms with Gasteiger partial charge in [-0.2, -0.15) is 0 Å². The number of benzene rings is 1. The number of aliphatic hydroxyl groups is 1. The van der Waals surface area contributed by atoms with Crippen molar-refractivity contribution < 1.29 is 19.4 Å². The zero-order valence-electron chi connectivity index (χ0n) is 8.90. The maximum absolute atomic E-state index is 13.3. The van der Waals surface area contributed by atoms with Crippen LogP contribution in [0.2, 0.25) is 0 Å². The lowest BCUT2D eigenvalue weighted by molar-refractivity contribution is 0.0930. The molecule has 0 aliphatic heterocycles. The summed E-state index contributed by atoms with van der Waals surface area (Å²) in [5.74, 6) is -1.55. The third-order valence-corrected chi connectivity index (χ3v) is 2.14. The lowest BCUT2D eigenvalue weighted by Crippen LogP contribution is -2.33. The lowest BCUT2D eigenvalue weighted by Gasteiger charge is -2.12. The number of phenols is 1. The number of carbonyl (C=O) groups is 1. The molecule has 1 amide bonds. The third kappa shape index (κ3) is 3.20. The monoisotopic (exact) mass is 227 g/mol. The Balaban J connectivity index is 2.73. The van der Waals surface area contributed by atoms with Gasteiger partial charge in [0.2, 0.25) is 0 Å². The predicted molar refractivity (Wildman–Crippen MR) is 56.7 cm³/mol. The first-order valence-electron chi connectivity index (χ1n) is 4.95. The van der Waals surface area contributed by atoms with Gasteiger partial charge >= 0.3 is 0 Å². The normalized spacial score (nSPS) is 12.2. The number of aliphatic hydroxyl groups excluding tert-OH is 1. The van der Waals surface area contributed by atoms with Crippen molar-refractivity contribution in [2.45, 2.75) is 19.4 Å². The van der Waals surface area contributed by atoms with Crippen molar-refractivity contribution in [1.82, 2.24) is 5.32 Å². The highest BCUT2D eigenvalue weighted by Gasteiger charge is 2.14. The van der Waals surface area contributed by atoms with E-state index in [-0.39, 0.29) is 24.0 Å². The lowest BCUT2D eigenvalue weighted by atomic mass is 10.1. The summed E-state index contributed by atoms with van der Waals surface area (Å²) in [5, 5.41) is 20.2. The van der Waals surface area contributed by atoms with Crippen molar-refractivity contribution >= 4 is 5.91 Å². The van der Waals surface area contributed by atoms with E-state index in [9.17, 15) is 9.18 Å². The van der Waals surface area contributed by atoms with Gasteiger partial charge in [0.25, 0.3) is 5.91 Å². The molecule has 5 heteroatoms. The van der Waals surface area contributed by atoms with Gasteiger partial charge in [0, 0.05) is 18.7 Å².